The number of alkyl halides is 3. The van der Waals surface area contributed by atoms with Crippen LogP contribution in [0, 0.1) is 6.92 Å². The fourth-order valence-electron chi connectivity index (χ4n) is 2.68. The second-order valence-corrected chi connectivity index (χ2v) is 5.52. The highest BCUT2D eigenvalue weighted by atomic mass is 19.4. The Hall–Kier alpha value is -2.38. The number of anilines is 1. The maximum atomic E-state index is 12.8. The minimum Gasteiger partial charge on any atom is -0.366 e. The van der Waals surface area contributed by atoms with E-state index in [4.69, 9.17) is 0 Å². The van der Waals surface area contributed by atoms with Gasteiger partial charge in [0.15, 0.2) is 0 Å². The smallest absolute Gasteiger partial charge is 0.366 e. The molecule has 0 unspecified atom stereocenters. The largest absolute Gasteiger partial charge is 0.433 e. The zero-order chi connectivity index (χ0) is 16.8. The van der Waals surface area contributed by atoms with Crippen LogP contribution >= 0.6 is 0 Å². The van der Waals surface area contributed by atoms with Crippen molar-refractivity contribution >= 4 is 5.69 Å². The number of halogens is 3. The van der Waals surface area contributed by atoms with Gasteiger partial charge in [-0.05, 0) is 19.1 Å². The highest BCUT2D eigenvalue weighted by Gasteiger charge is 2.33. The van der Waals surface area contributed by atoms with Gasteiger partial charge in [0.05, 0.1) is 17.8 Å². The predicted molar refractivity (Wildman–Crippen MR) is 78.2 cm³/mol. The lowest BCUT2D eigenvalue weighted by atomic mass is 10.1. The number of aromatic nitrogens is 3. The maximum absolute atomic E-state index is 12.8. The Labute approximate surface area is 130 Å². The summed E-state index contributed by atoms with van der Waals surface area (Å²) in [6.07, 6.45) is -2.83. The molecule has 8 heteroatoms. The molecule has 0 radical (unpaired) electrons. The van der Waals surface area contributed by atoms with E-state index in [1.807, 2.05) is 0 Å². The summed E-state index contributed by atoms with van der Waals surface area (Å²) in [6, 6.07) is 2.53. The van der Waals surface area contributed by atoms with Crippen LogP contribution < -0.4 is 10.5 Å². The van der Waals surface area contributed by atoms with Crippen LogP contribution in [0.1, 0.15) is 22.8 Å². The third kappa shape index (κ3) is 2.80. The van der Waals surface area contributed by atoms with Gasteiger partial charge in [0, 0.05) is 31.9 Å². The Kier molecular flexibility index (Phi) is 3.62. The quantitative estimate of drug-likeness (QED) is 0.806. The van der Waals surface area contributed by atoms with Crippen LogP contribution in [-0.4, -0.2) is 21.1 Å². The average molecular weight is 324 g/mol. The summed E-state index contributed by atoms with van der Waals surface area (Å²) in [7, 11) is 1.64. The topological polar surface area (TPSA) is 51.0 Å². The molecule has 23 heavy (non-hydrogen) atoms. The summed E-state index contributed by atoms with van der Waals surface area (Å²) >= 11 is 0. The minimum atomic E-state index is -4.49. The van der Waals surface area contributed by atoms with Crippen LogP contribution in [0.4, 0.5) is 18.9 Å². The number of nitrogens with zero attached hydrogens (tertiary/aromatic N) is 4. The lowest BCUT2D eigenvalue weighted by molar-refractivity contribution is -0.141. The molecule has 122 valence electrons. The summed E-state index contributed by atoms with van der Waals surface area (Å²) in [5, 5.41) is 0. The van der Waals surface area contributed by atoms with Crippen LogP contribution in [0.15, 0.2) is 23.1 Å². The van der Waals surface area contributed by atoms with E-state index in [9.17, 15) is 18.0 Å². The van der Waals surface area contributed by atoms with Crippen molar-refractivity contribution in [2.24, 2.45) is 7.05 Å². The molecular weight excluding hydrogens is 309 g/mol. The second kappa shape index (κ2) is 5.36. The van der Waals surface area contributed by atoms with Crippen molar-refractivity contribution in [2.45, 2.75) is 26.1 Å². The first kappa shape index (κ1) is 15.5. The lowest BCUT2D eigenvalue weighted by Gasteiger charge is -2.30. The van der Waals surface area contributed by atoms with Gasteiger partial charge in [0.2, 0.25) is 0 Å². The minimum absolute atomic E-state index is 0.151. The number of pyridine rings is 1. The monoisotopic (exact) mass is 324 g/mol. The molecule has 0 spiro atoms. The zero-order valence-corrected chi connectivity index (χ0v) is 12.7. The van der Waals surface area contributed by atoms with E-state index in [0.717, 1.165) is 18.0 Å². The summed E-state index contributed by atoms with van der Waals surface area (Å²) < 4.78 is 39.8. The van der Waals surface area contributed by atoms with Gasteiger partial charge in [0.25, 0.3) is 5.56 Å². The van der Waals surface area contributed by atoms with Gasteiger partial charge in [-0.1, -0.05) is 0 Å². The number of fused-ring (bicyclic) bond motifs is 1. The third-order valence-electron chi connectivity index (χ3n) is 4.06. The van der Waals surface area contributed by atoms with Crippen LogP contribution in [0.3, 0.4) is 0 Å². The lowest BCUT2D eigenvalue weighted by Crippen LogP contribution is -2.38. The first-order valence-corrected chi connectivity index (χ1v) is 7.11. The van der Waals surface area contributed by atoms with Crippen LogP contribution in [0.2, 0.25) is 0 Å². The Morgan fingerprint density at radius 1 is 1.30 bits per heavy atom. The second-order valence-electron chi connectivity index (χ2n) is 5.52. The molecule has 2 aromatic heterocycles. The molecule has 3 heterocycles. The number of hydrogen-bond donors (Lipinski definition) is 0. The molecule has 0 fully saturated rings. The van der Waals surface area contributed by atoms with Crippen molar-refractivity contribution in [3.05, 3.63) is 51.5 Å². The number of hydrogen-bond acceptors (Lipinski definition) is 4. The molecule has 2 aromatic rings. The van der Waals surface area contributed by atoms with E-state index in [1.165, 1.54) is 10.6 Å². The first-order valence-electron chi connectivity index (χ1n) is 7.11. The van der Waals surface area contributed by atoms with Crippen molar-refractivity contribution in [2.75, 3.05) is 11.4 Å². The SMILES string of the molecule is Cc1nc2c(c(=O)n1C)CN(c1ccnc(C(F)(F)F)c1)CC2. The molecule has 3 rings (SSSR count). The van der Waals surface area contributed by atoms with Gasteiger partial charge >= 0.3 is 6.18 Å². The molecule has 0 saturated carbocycles. The molecule has 0 bridgehead atoms. The molecule has 0 amide bonds. The first-order chi connectivity index (χ1) is 10.8. The van der Waals surface area contributed by atoms with Crippen molar-refractivity contribution in [3.8, 4) is 0 Å². The van der Waals surface area contributed by atoms with Crippen molar-refractivity contribution in [3.63, 3.8) is 0 Å². The van der Waals surface area contributed by atoms with E-state index in [2.05, 4.69) is 9.97 Å². The van der Waals surface area contributed by atoms with Crippen molar-refractivity contribution < 1.29 is 13.2 Å². The molecule has 1 aliphatic rings. The normalized spacial score (nSPS) is 14.7. The average Bonchev–Trinajstić information content (AvgIpc) is 2.52. The van der Waals surface area contributed by atoms with Crippen LogP contribution in [0.5, 0.6) is 0 Å². The van der Waals surface area contributed by atoms with E-state index in [0.29, 0.717) is 30.0 Å². The molecule has 5 nitrogen and oxygen atoms in total. The van der Waals surface area contributed by atoms with E-state index >= 15 is 0 Å². The highest BCUT2D eigenvalue weighted by Crippen LogP contribution is 2.31. The Balaban J connectivity index is 1.97. The molecule has 0 aromatic carbocycles. The Bertz CT molecular complexity index is 813. The van der Waals surface area contributed by atoms with Gasteiger partial charge < -0.3 is 4.90 Å². The molecule has 1 aliphatic heterocycles. The summed E-state index contributed by atoms with van der Waals surface area (Å²) in [5.41, 5.74) is 0.584. The van der Waals surface area contributed by atoms with E-state index in [-0.39, 0.29) is 12.1 Å². The predicted octanol–water partition coefficient (Wildman–Crippen LogP) is 2.07. The Morgan fingerprint density at radius 2 is 2.04 bits per heavy atom. The molecule has 0 N–H and O–H groups in total. The van der Waals surface area contributed by atoms with Crippen LogP contribution in [-0.2, 0) is 26.2 Å². The zero-order valence-electron chi connectivity index (χ0n) is 12.7. The van der Waals surface area contributed by atoms with E-state index < -0.39 is 11.9 Å². The third-order valence-corrected chi connectivity index (χ3v) is 4.06. The van der Waals surface area contributed by atoms with Crippen LogP contribution in [0.25, 0.3) is 0 Å². The van der Waals surface area contributed by atoms with Gasteiger partial charge in [-0.3, -0.25) is 14.3 Å². The fourth-order valence-corrected chi connectivity index (χ4v) is 2.68. The van der Waals surface area contributed by atoms with Crippen molar-refractivity contribution in [1.29, 1.82) is 0 Å². The van der Waals surface area contributed by atoms with Crippen molar-refractivity contribution in [1.82, 2.24) is 14.5 Å². The van der Waals surface area contributed by atoms with Gasteiger partial charge in [-0.15, -0.1) is 0 Å². The maximum Gasteiger partial charge on any atom is 0.433 e. The summed E-state index contributed by atoms with van der Waals surface area (Å²) in [6.45, 7) is 2.51. The highest BCUT2D eigenvalue weighted by molar-refractivity contribution is 5.49. The Morgan fingerprint density at radius 3 is 2.74 bits per heavy atom. The van der Waals surface area contributed by atoms with Gasteiger partial charge in [-0.2, -0.15) is 13.2 Å². The fraction of sp³-hybridized carbons (Fsp3) is 0.400. The molecule has 0 saturated heterocycles. The van der Waals surface area contributed by atoms with Gasteiger partial charge in [0.1, 0.15) is 11.5 Å². The molecular formula is C15H15F3N4O. The summed E-state index contributed by atoms with van der Waals surface area (Å²) in [4.78, 5) is 21.9. The number of aryl methyl sites for hydroxylation is 1. The van der Waals surface area contributed by atoms with Gasteiger partial charge in [-0.25, -0.2) is 4.98 Å². The summed E-state index contributed by atoms with van der Waals surface area (Å²) in [5.74, 6) is 0.630. The van der Waals surface area contributed by atoms with E-state index in [1.54, 1.807) is 18.9 Å². The number of rotatable bonds is 1. The molecule has 0 atom stereocenters. The standard InChI is InChI=1S/C15H15F3N4O/c1-9-20-12-4-6-22(8-11(12)14(23)21(9)2)10-3-5-19-13(7-10)15(16,17)18/h3,5,7H,4,6,8H2,1-2H3. The molecule has 0 aliphatic carbocycles.